The van der Waals surface area contributed by atoms with Crippen LogP contribution in [-0.4, -0.2) is 30.1 Å². The molecule has 2 N–H and O–H groups in total. The van der Waals surface area contributed by atoms with E-state index in [0.717, 1.165) is 6.42 Å². The lowest BCUT2D eigenvalue weighted by Crippen LogP contribution is -2.34. The van der Waals surface area contributed by atoms with Gasteiger partial charge in [0.05, 0.1) is 0 Å². The van der Waals surface area contributed by atoms with Crippen LogP contribution >= 0.6 is 0 Å². The molecule has 0 unspecified atom stereocenters. The number of hydrogen-bond donors (Lipinski definition) is 1. The van der Waals surface area contributed by atoms with Gasteiger partial charge in [-0.15, -0.1) is 0 Å². The number of benzene rings is 1. The Morgan fingerprint density at radius 2 is 1.67 bits per heavy atom. The van der Waals surface area contributed by atoms with Crippen molar-refractivity contribution in [1.82, 2.24) is 4.90 Å². The van der Waals surface area contributed by atoms with Crippen LogP contribution in [0.15, 0.2) is 24.3 Å². The molecule has 2 nitrogen and oxygen atoms in total. The highest BCUT2D eigenvalue weighted by molar-refractivity contribution is 5.28. The van der Waals surface area contributed by atoms with Crippen LogP contribution in [0.2, 0.25) is 0 Å². The van der Waals surface area contributed by atoms with E-state index in [-0.39, 0.29) is 5.54 Å². The Balaban J connectivity index is 1.81. The number of nitrogens with two attached hydrogens (primary N) is 1. The summed E-state index contributed by atoms with van der Waals surface area (Å²) in [4.78, 5) is 2.59. The average Bonchev–Trinajstić information content (AvgIpc) is 2.51. The van der Waals surface area contributed by atoms with Crippen molar-refractivity contribution in [1.29, 1.82) is 0 Å². The van der Waals surface area contributed by atoms with Gasteiger partial charge >= 0.3 is 0 Å². The first-order chi connectivity index (χ1) is 8.54. The molecule has 1 aliphatic rings. The van der Waals surface area contributed by atoms with Crippen molar-refractivity contribution in [2.24, 2.45) is 5.73 Å². The summed E-state index contributed by atoms with van der Waals surface area (Å²) in [5.41, 5.74) is 9.10. The maximum atomic E-state index is 6.03. The summed E-state index contributed by atoms with van der Waals surface area (Å²) in [6, 6.07) is 8.88. The van der Waals surface area contributed by atoms with Crippen LogP contribution in [0, 0.1) is 0 Å². The third kappa shape index (κ3) is 4.11. The molecule has 0 aliphatic carbocycles. The number of hydrogen-bond acceptors (Lipinski definition) is 2. The first kappa shape index (κ1) is 13.6. The topological polar surface area (TPSA) is 29.3 Å². The van der Waals surface area contributed by atoms with E-state index in [2.05, 4.69) is 43.0 Å². The molecule has 0 atom stereocenters. The summed E-state index contributed by atoms with van der Waals surface area (Å²) in [6.07, 6.45) is 4.71. The van der Waals surface area contributed by atoms with Crippen molar-refractivity contribution in [3.05, 3.63) is 35.4 Å². The van der Waals surface area contributed by atoms with Crippen molar-refractivity contribution in [3.8, 4) is 0 Å². The molecule has 0 spiro atoms. The lowest BCUT2D eigenvalue weighted by molar-refractivity contribution is 0.270. The highest BCUT2D eigenvalue weighted by atomic mass is 15.1. The fraction of sp³-hybridized carbons (Fsp3) is 0.625. The summed E-state index contributed by atoms with van der Waals surface area (Å²) in [5.74, 6) is 0. The Bertz CT molecular complexity index is 352. The number of nitrogens with zero attached hydrogens (tertiary/aromatic N) is 1. The standard InChI is InChI=1S/C16H26N2/c1-16(2,17)10-5-11-18-12-8-14-6-3-4-7-15(14)9-13-18/h3-4,6-7H,5,8-13,17H2,1-2H3. The molecule has 0 fully saturated rings. The molecule has 2 heteroatoms. The smallest absolute Gasteiger partial charge is 0.00975 e. The van der Waals surface area contributed by atoms with Crippen molar-refractivity contribution >= 4 is 0 Å². The molecule has 1 aliphatic heterocycles. The maximum Gasteiger partial charge on any atom is 0.00975 e. The van der Waals surface area contributed by atoms with E-state index in [1.807, 2.05) is 0 Å². The molecule has 0 amide bonds. The van der Waals surface area contributed by atoms with Gasteiger partial charge in [-0.05, 0) is 57.2 Å². The van der Waals surface area contributed by atoms with E-state index in [1.165, 1.54) is 38.9 Å². The average molecular weight is 246 g/mol. The first-order valence-electron chi connectivity index (χ1n) is 7.13. The summed E-state index contributed by atoms with van der Waals surface area (Å²) in [7, 11) is 0. The van der Waals surface area contributed by atoms with Crippen LogP contribution in [0.25, 0.3) is 0 Å². The van der Waals surface area contributed by atoms with Crippen molar-refractivity contribution in [2.75, 3.05) is 19.6 Å². The molecule has 0 saturated carbocycles. The van der Waals surface area contributed by atoms with Gasteiger partial charge in [0.2, 0.25) is 0 Å². The highest BCUT2D eigenvalue weighted by Gasteiger charge is 2.15. The van der Waals surface area contributed by atoms with Crippen LogP contribution < -0.4 is 5.73 Å². The summed E-state index contributed by atoms with van der Waals surface area (Å²) in [5, 5.41) is 0. The molecule has 0 bridgehead atoms. The van der Waals surface area contributed by atoms with Gasteiger partial charge in [0.1, 0.15) is 0 Å². The largest absolute Gasteiger partial charge is 0.326 e. The van der Waals surface area contributed by atoms with Crippen LogP contribution in [0.3, 0.4) is 0 Å². The van der Waals surface area contributed by atoms with Gasteiger partial charge in [0.25, 0.3) is 0 Å². The van der Waals surface area contributed by atoms with E-state index >= 15 is 0 Å². The monoisotopic (exact) mass is 246 g/mol. The minimum Gasteiger partial charge on any atom is -0.326 e. The second-order valence-electron chi connectivity index (χ2n) is 6.20. The van der Waals surface area contributed by atoms with E-state index < -0.39 is 0 Å². The van der Waals surface area contributed by atoms with E-state index in [9.17, 15) is 0 Å². The van der Waals surface area contributed by atoms with E-state index in [0.29, 0.717) is 0 Å². The van der Waals surface area contributed by atoms with Crippen molar-refractivity contribution in [2.45, 2.75) is 45.1 Å². The zero-order valence-electron chi connectivity index (χ0n) is 11.8. The van der Waals surface area contributed by atoms with E-state index in [1.54, 1.807) is 11.1 Å². The first-order valence-corrected chi connectivity index (χ1v) is 7.13. The Hall–Kier alpha value is -0.860. The third-order valence-corrected chi connectivity index (χ3v) is 3.81. The minimum absolute atomic E-state index is 0.0190. The number of rotatable bonds is 4. The second kappa shape index (κ2) is 5.85. The predicted octanol–water partition coefficient (Wildman–Crippen LogP) is 2.60. The molecule has 2 rings (SSSR count). The minimum atomic E-state index is -0.0190. The maximum absolute atomic E-state index is 6.03. The predicted molar refractivity (Wildman–Crippen MR) is 77.8 cm³/mol. The van der Waals surface area contributed by atoms with Gasteiger partial charge in [-0.25, -0.2) is 0 Å². The molecule has 1 aromatic carbocycles. The summed E-state index contributed by atoms with van der Waals surface area (Å²) < 4.78 is 0. The molecule has 1 heterocycles. The molecule has 0 radical (unpaired) electrons. The molecule has 100 valence electrons. The van der Waals surface area contributed by atoms with E-state index in [4.69, 9.17) is 5.73 Å². The Morgan fingerprint density at radius 3 is 2.17 bits per heavy atom. The Morgan fingerprint density at radius 1 is 1.11 bits per heavy atom. The quantitative estimate of drug-likeness (QED) is 0.885. The van der Waals surface area contributed by atoms with Crippen LogP contribution in [0.1, 0.15) is 37.8 Å². The molecular formula is C16H26N2. The third-order valence-electron chi connectivity index (χ3n) is 3.81. The lowest BCUT2D eigenvalue weighted by atomic mass is 10.00. The fourth-order valence-electron chi connectivity index (χ4n) is 2.70. The van der Waals surface area contributed by atoms with Gasteiger partial charge in [0.15, 0.2) is 0 Å². The second-order valence-corrected chi connectivity index (χ2v) is 6.20. The molecule has 0 saturated heterocycles. The van der Waals surface area contributed by atoms with Crippen LogP contribution in [0.5, 0.6) is 0 Å². The summed E-state index contributed by atoms with van der Waals surface area (Å²) >= 11 is 0. The van der Waals surface area contributed by atoms with Crippen molar-refractivity contribution in [3.63, 3.8) is 0 Å². The fourth-order valence-corrected chi connectivity index (χ4v) is 2.70. The number of fused-ring (bicyclic) bond motifs is 1. The zero-order chi connectivity index (χ0) is 13.0. The highest BCUT2D eigenvalue weighted by Crippen LogP contribution is 2.16. The van der Waals surface area contributed by atoms with Gasteiger partial charge in [-0.1, -0.05) is 24.3 Å². The van der Waals surface area contributed by atoms with Gasteiger partial charge in [0, 0.05) is 18.6 Å². The Kier molecular flexibility index (Phi) is 4.41. The summed E-state index contributed by atoms with van der Waals surface area (Å²) in [6.45, 7) is 7.81. The Labute approximate surface area is 111 Å². The van der Waals surface area contributed by atoms with Gasteiger partial charge in [-0.2, -0.15) is 0 Å². The van der Waals surface area contributed by atoms with Gasteiger partial charge < -0.3 is 10.6 Å². The van der Waals surface area contributed by atoms with Crippen LogP contribution in [-0.2, 0) is 12.8 Å². The molecular weight excluding hydrogens is 220 g/mol. The SMILES string of the molecule is CC(C)(N)CCCN1CCc2ccccc2CC1. The van der Waals surface area contributed by atoms with Crippen LogP contribution in [0.4, 0.5) is 0 Å². The molecule has 0 aromatic heterocycles. The zero-order valence-corrected chi connectivity index (χ0v) is 11.8. The van der Waals surface area contributed by atoms with Crippen molar-refractivity contribution < 1.29 is 0 Å². The molecule has 1 aromatic rings. The van der Waals surface area contributed by atoms with Gasteiger partial charge in [-0.3, -0.25) is 0 Å². The normalized spacial score (nSPS) is 17.3. The lowest BCUT2D eigenvalue weighted by Gasteiger charge is -2.23. The molecule has 18 heavy (non-hydrogen) atoms.